The number of aromatic nitrogens is 3. The number of hydrogen-bond donors (Lipinski definition) is 0. The lowest BCUT2D eigenvalue weighted by Gasteiger charge is -2.31. The van der Waals surface area contributed by atoms with Gasteiger partial charge in [0, 0.05) is 29.8 Å². The second-order valence-electron chi connectivity index (χ2n) is 10.6. The smallest absolute Gasteiger partial charge is 0.213 e. The zero-order chi connectivity index (χ0) is 27.4. The molecule has 1 fully saturated rings. The number of aryl methyl sites for hydroxylation is 2. The number of likely N-dealkylation sites (tertiary alicyclic amines) is 1. The van der Waals surface area contributed by atoms with Gasteiger partial charge in [0.25, 0.3) is 0 Å². The minimum atomic E-state index is -0.439. The summed E-state index contributed by atoms with van der Waals surface area (Å²) >= 11 is 0. The maximum absolute atomic E-state index is 14.2. The average molecular weight is 544 g/mol. The van der Waals surface area contributed by atoms with E-state index in [1.54, 1.807) is 12.1 Å². The number of nitriles is 1. The highest BCUT2D eigenvalue weighted by Gasteiger charge is 2.24. The van der Waals surface area contributed by atoms with Crippen LogP contribution in [0.2, 0.25) is 0 Å². The molecule has 1 aliphatic rings. The van der Waals surface area contributed by atoms with Crippen LogP contribution in [-0.2, 0) is 19.7 Å². The van der Waals surface area contributed by atoms with E-state index >= 15 is 0 Å². The maximum Gasteiger partial charge on any atom is 0.213 e. The molecule has 2 aromatic carbocycles. The van der Waals surface area contributed by atoms with E-state index in [1.807, 2.05) is 18.2 Å². The summed E-state index contributed by atoms with van der Waals surface area (Å²) in [5.41, 5.74) is 5.33. The zero-order valence-corrected chi connectivity index (χ0v) is 23.8. The number of ether oxygens (including phenoxy) is 1. The highest BCUT2D eigenvalue weighted by Crippen LogP contribution is 2.30. The Hall–Kier alpha value is -3.33. The van der Waals surface area contributed by atoms with Gasteiger partial charge in [-0.15, -0.1) is 7.92 Å². The van der Waals surface area contributed by atoms with E-state index in [0.29, 0.717) is 22.9 Å². The van der Waals surface area contributed by atoms with Crippen molar-refractivity contribution in [2.45, 2.75) is 45.4 Å². The Balaban J connectivity index is 1.21. The summed E-state index contributed by atoms with van der Waals surface area (Å²) in [6.07, 6.45) is 3.25. The number of nitrogens with zero attached hydrogens (tertiary/aromatic N) is 5. The van der Waals surface area contributed by atoms with E-state index in [0.717, 1.165) is 56.1 Å². The first-order valence-corrected chi connectivity index (χ1v) is 15.9. The van der Waals surface area contributed by atoms with Crippen LogP contribution in [0.4, 0.5) is 4.39 Å². The number of fused-ring (bicyclic) bond motifs is 1. The summed E-state index contributed by atoms with van der Waals surface area (Å²) in [7, 11) is 0.0356. The zero-order valence-electron chi connectivity index (χ0n) is 22.9. The van der Waals surface area contributed by atoms with Gasteiger partial charge >= 0.3 is 0 Å². The van der Waals surface area contributed by atoms with E-state index in [4.69, 9.17) is 20.0 Å². The lowest BCUT2D eigenvalue weighted by Crippen LogP contribution is -2.33. The number of halogens is 1. The molecule has 0 bridgehead atoms. The summed E-state index contributed by atoms with van der Waals surface area (Å²) in [5, 5.41) is 8.93. The maximum atomic E-state index is 14.2. The van der Waals surface area contributed by atoms with Gasteiger partial charge in [-0.2, -0.15) is 5.26 Å². The molecular formula is C31H35FN5OP. The SMILES string of the molecule is Cc1ccc2nc(CN3CCC(c4cccc(OCc5ccc(C#N)cc5F)n4)CC3)n(CCP(C)C)c2c1. The molecule has 0 saturated carbocycles. The van der Waals surface area contributed by atoms with Crippen molar-refractivity contribution >= 4 is 19.0 Å². The molecule has 4 aromatic rings. The molecule has 0 radical (unpaired) electrons. The van der Waals surface area contributed by atoms with Gasteiger partial charge < -0.3 is 9.30 Å². The van der Waals surface area contributed by atoms with Crippen molar-refractivity contribution in [3.63, 3.8) is 0 Å². The summed E-state index contributed by atoms with van der Waals surface area (Å²) in [6, 6.07) is 18.8. The first-order valence-electron chi connectivity index (χ1n) is 13.5. The van der Waals surface area contributed by atoms with E-state index in [9.17, 15) is 4.39 Å². The summed E-state index contributed by atoms with van der Waals surface area (Å²) in [6.45, 7) is 10.8. The topological polar surface area (TPSA) is 67.0 Å². The van der Waals surface area contributed by atoms with Gasteiger partial charge in [0.2, 0.25) is 5.88 Å². The molecule has 1 saturated heterocycles. The predicted molar refractivity (Wildman–Crippen MR) is 155 cm³/mol. The van der Waals surface area contributed by atoms with Gasteiger partial charge in [0.1, 0.15) is 18.2 Å². The highest BCUT2D eigenvalue weighted by molar-refractivity contribution is 7.55. The fraction of sp³-hybridized carbons (Fsp3) is 0.387. The van der Waals surface area contributed by atoms with Crippen LogP contribution in [0.15, 0.2) is 54.6 Å². The van der Waals surface area contributed by atoms with Crippen LogP contribution in [0.25, 0.3) is 11.0 Å². The Morgan fingerprint density at radius 1 is 1.08 bits per heavy atom. The molecule has 0 spiro atoms. The van der Waals surface area contributed by atoms with Crippen LogP contribution < -0.4 is 4.74 Å². The third-order valence-electron chi connectivity index (χ3n) is 7.43. The third-order valence-corrected chi connectivity index (χ3v) is 8.52. The molecule has 0 unspecified atom stereocenters. The van der Waals surface area contributed by atoms with Gasteiger partial charge in [-0.1, -0.05) is 18.2 Å². The lowest BCUT2D eigenvalue weighted by molar-refractivity contribution is 0.196. The molecule has 0 atom stereocenters. The van der Waals surface area contributed by atoms with Crippen LogP contribution >= 0.6 is 7.92 Å². The molecule has 0 amide bonds. The van der Waals surface area contributed by atoms with Crippen molar-refractivity contribution < 1.29 is 9.13 Å². The molecule has 0 aliphatic carbocycles. The van der Waals surface area contributed by atoms with Crippen molar-refractivity contribution in [2.24, 2.45) is 0 Å². The van der Waals surface area contributed by atoms with Crippen molar-refractivity contribution in [2.75, 3.05) is 32.6 Å². The number of pyridine rings is 1. The van der Waals surface area contributed by atoms with Crippen LogP contribution in [0.3, 0.4) is 0 Å². The van der Waals surface area contributed by atoms with Crippen LogP contribution in [0.5, 0.6) is 5.88 Å². The molecule has 8 heteroatoms. The van der Waals surface area contributed by atoms with E-state index in [1.165, 1.54) is 23.3 Å². The first-order chi connectivity index (χ1) is 18.9. The van der Waals surface area contributed by atoms with Crippen LogP contribution in [-0.4, -0.2) is 52.0 Å². The Morgan fingerprint density at radius 2 is 1.90 bits per heavy atom. The minimum absolute atomic E-state index is 0.0356. The molecule has 2 aromatic heterocycles. The molecule has 202 valence electrons. The monoisotopic (exact) mass is 543 g/mol. The average Bonchev–Trinajstić information content (AvgIpc) is 3.27. The van der Waals surface area contributed by atoms with Crippen molar-refractivity contribution in [1.29, 1.82) is 5.26 Å². The summed E-state index contributed by atoms with van der Waals surface area (Å²) in [5.74, 6) is 1.58. The number of piperidine rings is 1. The molecule has 3 heterocycles. The molecular weight excluding hydrogens is 508 g/mol. The van der Waals surface area contributed by atoms with Crippen LogP contribution in [0, 0.1) is 24.1 Å². The molecule has 5 rings (SSSR count). The molecule has 0 N–H and O–H groups in total. The third kappa shape index (κ3) is 6.64. The van der Waals surface area contributed by atoms with Crippen molar-refractivity contribution in [3.8, 4) is 11.9 Å². The Kier molecular flexibility index (Phi) is 8.55. The fourth-order valence-corrected chi connectivity index (χ4v) is 5.76. The predicted octanol–water partition coefficient (Wildman–Crippen LogP) is 6.45. The summed E-state index contributed by atoms with van der Waals surface area (Å²) in [4.78, 5) is 12.3. The lowest BCUT2D eigenvalue weighted by atomic mass is 9.93. The van der Waals surface area contributed by atoms with Crippen LogP contribution in [0.1, 0.15) is 47.0 Å². The standard InChI is InChI=1S/C31H35FN5OP/c1-22-7-10-28-29(17-22)37(15-16-39(2)3)30(34-28)20-36-13-11-24(12-14-36)27-5-4-6-31(35-27)38-21-25-9-8-23(19-33)18-26(25)32/h4-10,17-18,24H,11-16,20-21H2,1-3H3. The number of rotatable bonds is 9. The van der Waals surface area contributed by atoms with Gasteiger partial charge in [0.05, 0.1) is 29.2 Å². The number of hydrogen-bond acceptors (Lipinski definition) is 5. The van der Waals surface area contributed by atoms with E-state index in [2.05, 4.69) is 54.0 Å². The Morgan fingerprint density at radius 3 is 2.64 bits per heavy atom. The molecule has 39 heavy (non-hydrogen) atoms. The highest BCUT2D eigenvalue weighted by atomic mass is 31.1. The second kappa shape index (κ2) is 12.2. The van der Waals surface area contributed by atoms with Crippen molar-refractivity contribution in [1.82, 2.24) is 19.4 Å². The van der Waals surface area contributed by atoms with Gasteiger partial charge in [-0.05, 0) is 88.2 Å². The number of benzene rings is 2. The normalized spacial score (nSPS) is 14.7. The molecule has 6 nitrogen and oxygen atoms in total. The van der Waals surface area contributed by atoms with Crippen molar-refractivity contribution in [3.05, 3.63) is 88.6 Å². The quantitative estimate of drug-likeness (QED) is 0.227. The summed E-state index contributed by atoms with van der Waals surface area (Å²) < 4.78 is 22.5. The number of imidazole rings is 1. The van der Waals surface area contributed by atoms with E-state index in [-0.39, 0.29) is 14.5 Å². The Bertz CT molecular complexity index is 1490. The largest absolute Gasteiger partial charge is 0.473 e. The van der Waals surface area contributed by atoms with Gasteiger partial charge in [0.15, 0.2) is 0 Å². The first kappa shape index (κ1) is 27.2. The second-order valence-corrected chi connectivity index (χ2v) is 13.2. The minimum Gasteiger partial charge on any atom is -0.473 e. The fourth-order valence-electron chi connectivity index (χ4n) is 5.16. The van der Waals surface area contributed by atoms with Gasteiger partial charge in [-0.3, -0.25) is 4.90 Å². The molecule has 1 aliphatic heterocycles. The van der Waals surface area contributed by atoms with E-state index < -0.39 is 5.82 Å². The van der Waals surface area contributed by atoms with Gasteiger partial charge in [-0.25, -0.2) is 14.4 Å². The Labute approximate surface area is 231 Å².